The molecule has 3 rings (SSSR count). The lowest BCUT2D eigenvalue weighted by Gasteiger charge is -2.03. The van der Waals surface area contributed by atoms with Crippen LogP contribution in [0.5, 0.6) is 0 Å². The Morgan fingerprint density at radius 1 is 1.04 bits per heavy atom. The summed E-state index contributed by atoms with van der Waals surface area (Å²) < 4.78 is 24.3. The van der Waals surface area contributed by atoms with Crippen molar-refractivity contribution in [3.63, 3.8) is 0 Å². The maximum atomic E-state index is 12.2. The first kappa shape index (κ1) is 16.3. The Kier molecular flexibility index (Phi) is 4.15. The van der Waals surface area contributed by atoms with E-state index in [1.54, 1.807) is 24.3 Å². The van der Waals surface area contributed by atoms with Crippen LogP contribution in [0, 0.1) is 20.8 Å². The smallest absolute Gasteiger partial charge is 0.276 e. The summed E-state index contributed by atoms with van der Waals surface area (Å²) in [6.07, 6.45) is 1.51. The first-order chi connectivity index (χ1) is 11.4. The van der Waals surface area contributed by atoms with Crippen molar-refractivity contribution in [3.05, 3.63) is 64.8 Å². The van der Waals surface area contributed by atoms with Crippen molar-refractivity contribution in [3.8, 4) is 0 Å². The second-order valence-corrected chi connectivity index (χ2v) is 7.51. The van der Waals surface area contributed by atoms with Gasteiger partial charge in [-0.05, 0) is 56.2 Å². The molecule has 0 aliphatic rings. The van der Waals surface area contributed by atoms with Crippen LogP contribution in [-0.2, 0) is 10.0 Å². The number of benzene rings is 2. The van der Waals surface area contributed by atoms with E-state index >= 15 is 0 Å². The van der Waals surface area contributed by atoms with Gasteiger partial charge in [-0.15, -0.1) is 0 Å². The first-order valence-electron chi connectivity index (χ1n) is 7.57. The zero-order chi connectivity index (χ0) is 17.3. The molecule has 0 bridgehead atoms. The third-order valence-electron chi connectivity index (χ3n) is 4.05. The van der Waals surface area contributed by atoms with Crippen molar-refractivity contribution in [2.24, 2.45) is 5.10 Å². The maximum Gasteiger partial charge on any atom is 0.276 e. The minimum atomic E-state index is -3.65. The highest BCUT2D eigenvalue weighted by Crippen LogP contribution is 2.21. The summed E-state index contributed by atoms with van der Waals surface area (Å²) in [5.74, 6) is 0. The molecule has 2 N–H and O–H groups in total. The van der Waals surface area contributed by atoms with Gasteiger partial charge in [0.2, 0.25) is 0 Å². The van der Waals surface area contributed by atoms with Crippen LogP contribution in [0.25, 0.3) is 10.9 Å². The minimum absolute atomic E-state index is 0.192. The predicted octanol–water partition coefficient (Wildman–Crippen LogP) is 3.41. The second-order valence-electron chi connectivity index (χ2n) is 5.85. The average molecular weight is 341 g/mol. The molecule has 6 heteroatoms. The summed E-state index contributed by atoms with van der Waals surface area (Å²) >= 11 is 0. The summed E-state index contributed by atoms with van der Waals surface area (Å²) in [4.78, 5) is 5.74. The van der Waals surface area contributed by atoms with Gasteiger partial charge < -0.3 is 4.98 Å². The van der Waals surface area contributed by atoms with E-state index < -0.39 is 10.0 Å². The fourth-order valence-corrected chi connectivity index (χ4v) is 3.29. The molecule has 0 unspecified atom stereocenters. The number of sulfonamides is 1. The molecule has 3 aromatic rings. The molecule has 1 heterocycles. The third-order valence-corrected chi connectivity index (χ3v) is 5.29. The van der Waals surface area contributed by atoms with Gasteiger partial charge in [0.05, 0.1) is 11.1 Å². The highest BCUT2D eigenvalue weighted by atomic mass is 32.2. The van der Waals surface area contributed by atoms with Gasteiger partial charge in [-0.1, -0.05) is 23.8 Å². The van der Waals surface area contributed by atoms with Crippen LogP contribution in [-0.4, -0.2) is 19.6 Å². The highest BCUT2D eigenvalue weighted by molar-refractivity contribution is 7.89. The van der Waals surface area contributed by atoms with Crippen molar-refractivity contribution in [1.29, 1.82) is 0 Å². The Hall–Kier alpha value is -2.60. The molecule has 2 aromatic carbocycles. The summed E-state index contributed by atoms with van der Waals surface area (Å²) in [7, 11) is -3.65. The molecule has 0 saturated carbocycles. The van der Waals surface area contributed by atoms with E-state index in [-0.39, 0.29) is 4.90 Å². The number of aromatic nitrogens is 1. The van der Waals surface area contributed by atoms with Gasteiger partial charge in [-0.25, -0.2) is 4.83 Å². The number of hydrazone groups is 1. The Morgan fingerprint density at radius 3 is 2.46 bits per heavy atom. The predicted molar refractivity (Wildman–Crippen MR) is 96.9 cm³/mol. The SMILES string of the molecule is Cc1ccc(S(=O)(=O)N/N=C\c2ccc3[nH]c(C)c(C)c3c2)cc1. The number of nitrogens with zero attached hydrogens (tertiary/aromatic N) is 1. The molecule has 124 valence electrons. The van der Waals surface area contributed by atoms with Gasteiger partial charge >= 0.3 is 0 Å². The lowest BCUT2D eigenvalue weighted by molar-refractivity contribution is 0.584. The number of hydrogen-bond acceptors (Lipinski definition) is 3. The van der Waals surface area contributed by atoms with Gasteiger partial charge in [0.25, 0.3) is 10.0 Å². The quantitative estimate of drug-likeness (QED) is 0.564. The van der Waals surface area contributed by atoms with Gasteiger partial charge in [0.15, 0.2) is 0 Å². The van der Waals surface area contributed by atoms with E-state index in [0.717, 1.165) is 27.7 Å². The Morgan fingerprint density at radius 2 is 1.75 bits per heavy atom. The second kappa shape index (κ2) is 6.13. The van der Waals surface area contributed by atoms with Crippen LogP contribution in [0.1, 0.15) is 22.4 Å². The van der Waals surface area contributed by atoms with E-state index in [9.17, 15) is 8.42 Å². The number of fused-ring (bicyclic) bond motifs is 1. The monoisotopic (exact) mass is 341 g/mol. The van der Waals surface area contributed by atoms with E-state index in [4.69, 9.17) is 0 Å². The van der Waals surface area contributed by atoms with Gasteiger partial charge in [-0.2, -0.15) is 13.5 Å². The fourth-order valence-electron chi connectivity index (χ4n) is 2.50. The van der Waals surface area contributed by atoms with Gasteiger partial charge in [0, 0.05) is 16.6 Å². The molecule has 0 aliphatic heterocycles. The summed E-state index contributed by atoms with van der Waals surface area (Å²) in [5.41, 5.74) is 5.20. The molecule has 0 saturated heterocycles. The van der Waals surface area contributed by atoms with Crippen molar-refractivity contribution in [2.75, 3.05) is 0 Å². The van der Waals surface area contributed by atoms with E-state index in [1.165, 1.54) is 11.8 Å². The summed E-state index contributed by atoms with van der Waals surface area (Å²) in [6, 6.07) is 12.5. The third kappa shape index (κ3) is 3.19. The molecule has 5 nitrogen and oxygen atoms in total. The van der Waals surface area contributed by atoms with Crippen LogP contribution in [0.3, 0.4) is 0 Å². The highest BCUT2D eigenvalue weighted by Gasteiger charge is 2.11. The summed E-state index contributed by atoms with van der Waals surface area (Å²) in [5, 5.41) is 4.99. The lowest BCUT2D eigenvalue weighted by Crippen LogP contribution is -2.18. The van der Waals surface area contributed by atoms with E-state index in [2.05, 4.69) is 21.8 Å². The molecule has 0 aliphatic carbocycles. The van der Waals surface area contributed by atoms with Crippen molar-refractivity contribution in [1.82, 2.24) is 9.82 Å². The molecule has 0 fully saturated rings. The minimum Gasteiger partial charge on any atom is -0.358 e. The standard InChI is InChI=1S/C18H19N3O2S/c1-12-4-7-16(8-5-12)24(22,23)21-19-11-15-6-9-18-17(10-15)13(2)14(3)20-18/h4-11,20-21H,1-3H3/b19-11-. The van der Waals surface area contributed by atoms with Crippen molar-refractivity contribution in [2.45, 2.75) is 25.7 Å². The van der Waals surface area contributed by atoms with Crippen LogP contribution in [0.4, 0.5) is 0 Å². The van der Waals surface area contributed by atoms with E-state index in [0.29, 0.717) is 0 Å². The molecule has 0 radical (unpaired) electrons. The molecule has 0 atom stereocenters. The number of rotatable bonds is 4. The van der Waals surface area contributed by atoms with E-state index in [1.807, 2.05) is 32.0 Å². The van der Waals surface area contributed by atoms with Crippen molar-refractivity contribution >= 4 is 27.1 Å². The molecular weight excluding hydrogens is 322 g/mol. The van der Waals surface area contributed by atoms with Crippen LogP contribution >= 0.6 is 0 Å². The fraction of sp³-hybridized carbons (Fsp3) is 0.167. The summed E-state index contributed by atoms with van der Waals surface area (Å²) in [6.45, 7) is 5.98. The number of aromatic amines is 1. The van der Waals surface area contributed by atoms with Gasteiger partial charge in [0.1, 0.15) is 0 Å². The lowest BCUT2D eigenvalue weighted by atomic mass is 10.1. The normalized spacial score (nSPS) is 12.1. The zero-order valence-corrected chi connectivity index (χ0v) is 14.6. The average Bonchev–Trinajstić information content (AvgIpc) is 2.82. The van der Waals surface area contributed by atoms with Crippen LogP contribution < -0.4 is 4.83 Å². The molecule has 1 aromatic heterocycles. The maximum absolute atomic E-state index is 12.2. The Balaban J connectivity index is 1.81. The topological polar surface area (TPSA) is 74.3 Å². The first-order valence-corrected chi connectivity index (χ1v) is 9.05. The number of H-pyrrole nitrogens is 1. The number of hydrogen-bond donors (Lipinski definition) is 2. The van der Waals surface area contributed by atoms with Crippen LogP contribution in [0.15, 0.2) is 52.5 Å². The van der Waals surface area contributed by atoms with Gasteiger partial charge in [-0.3, -0.25) is 0 Å². The largest absolute Gasteiger partial charge is 0.358 e. The molecule has 24 heavy (non-hydrogen) atoms. The van der Waals surface area contributed by atoms with Crippen LogP contribution in [0.2, 0.25) is 0 Å². The number of aryl methyl sites for hydroxylation is 3. The molecular formula is C18H19N3O2S. The zero-order valence-electron chi connectivity index (χ0n) is 13.8. The molecule has 0 amide bonds. The Labute approximate surface area is 141 Å². The Bertz CT molecular complexity index is 1020. The number of nitrogens with one attached hydrogen (secondary N) is 2. The molecule has 0 spiro atoms. The van der Waals surface area contributed by atoms with Crippen molar-refractivity contribution < 1.29 is 8.42 Å².